The van der Waals surface area contributed by atoms with Crippen LogP contribution in [0.3, 0.4) is 0 Å². The topological polar surface area (TPSA) is 89.5 Å². The fraction of sp³-hybridized carbons (Fsp3) is 0.278. The number of nitrogens with one attached hydrogen (secondary N) is 2. The number of aromatic nitrogens is 1. The molecular weight excluding hydrogens is 322 g/mol. The monoisotopic (exact) mass is 343 g/mol. The van der Waals surface area contributed by atoms with E-state index in [1.165, 1.54) is 0 Å². The zero-order valence-electron chi connectivity index (χ0n) is 14.5. The second-order valence-corrected chi connectivity index (χ2v) is 5.37. The fourth-order valence-electron chi connectivity index (χ4n) is 2.21. The number of carbonyl (C=O) groups is 2. The van der Waals surface area contributed by atoms with Crippen molar-refractivity contribution in [3.05, 3.63) is 47.7 Å². The second-order valence-electron chi connectivity index (χ2n) is 5.37. The number of aryl methyl sites for hydroxylation is 1. The third-order valence-corrected chi connectivity index (χ3v) is 3.51. The van der Waals surface area contributed by atoms with Crippen LogP contribution in [0.1, 0.15) is 11.1 Å². The van der Waals surface area contributed by atoms with Crippen LogP contribution < -0.4 is 20.1 Å². The van der Waals surface area contributed by atoms with Gasteiger partial charge in [-0.25, -0.2) is 4.98 Å². The maximum Gasteiger partial charge on any atom is 0.314 e. The standard InChI is InChI=1S/C18H21N3O4/c1-12-6-8-19-16(10-12)21-18(23)17(22)20-9-7-13-4-5-14(24-2)15(11-13)25-3/h4-6,8,10-11H,7,9H2,1-3H3,(H,20,22)(H,19,21,23). The van der Waals surface area contributed by atoms with Crippen LogP contribution in [0.5, 0.6) is 11.5 Å². The summed E-state index contributed by atoms with van der Waals surface area (Å²) in [5.74, 6) is 0.157. The normalized spacial score (nSPS) is 10.0. The summed E-state index contributed by atoms with van der Waals surface area (Å²) in [5.41, 5.74) is 1.90. The van der Waals surface area contributed by atoms with E-state index >= 15 is 0 Å². The van der Waals surface area contributed by atoms with Crippen LogP contribution in [-0.4, -0.2) is 37.6 Å². The Morgan fingerprint density at radius 2 is 1.80 bits per heavy atom. The van der Waals surface area contributed by atoms with Crippen LogP contribution in [0, 0.1) is 6.92 Å². The molecule has 0 fully saturated rings. The lowest BCUT2D eigenvalue weighted by Gasteiger charge is -2.10. The molecule has 1 aromatic carbocycles. The highest BCUT2D eigenvalue weighted by atomic mass is 16.5. The molecule has 2 aromatic rings. The zero-order chi connectivity index (χ0) is 18.2. The van der Waals surface area contributed by atoms with E-state index in [1.54, 1.807) is 38.6 Å². The molecule has 0 spiro atoms. The van der Waals surface area contributed by atoms with Crippen LogP contribution >= 0.6 is 0 Å². The number of hydrogen-bond acceptors (Lipinski definition) is 5. The number of anilines is 1. The number of benzene rings is 1. The Bertz CT molecular complexity index is 762. The van der Waals surface area contributed by atoms with Crippen molar-refractivity contribution >= 4 is 17.6 Å². The highest BCUT2D eigenvalue weighted by Gasteiger charge is 2.14. The molecule has 0 aliphatic carbocycles. The number of pyridine rings is 1. The Hall–Kier alpha value is -3.09. The van der Waals surface area contributed by atoms with Gasteiger partial charge in [0.25, 0.3) is 0 Å². The molecule has 132 valence electrons. The molecule has 0 aliphatic rings. The van der Waals surface area contributed by atoms with Gasteiger partial charge in [0.2, 0.25) is 0 Å². The van der Waals surface area contributed by atoms with Crippen LogP contribution in [0.25, 0.3) is 0 Å². The summed E-state index contributed by atoms with van der Waals surface area (Å²) < 4.78 is 10.4. The minimum Gasteiger partial charge on any atom is -0.493 e. The third-order valence-electron chi connectivity index (χ3n) is 3.51. The molecule has 1 heterocycles. The van der Waals surface area contributed by atoms with E-state index in [-0.39, 0.29) is 0 Å². The smallest absolute Gasteiger partial charge is 0.314 e. The molecule has 0 unspecified atom stereocenters. The van der Waals surface area contributed by atoms with Crippen molar-refractivity contribution in [1.82, 2.24) is 10.3 Å². The van der Waals surface area contributed by atoms with Crippen molar-refractivity contribution in [2.45, 2.75) is 13.3 Å². The van der Waals surface area contributed by atoms with Gasteiger partial charge in [0, 0.05) is 12.7 Å². The first kappa shape index (κ1) is 18.3. The number of amides is 2. The van der Waals surface area contributed by atoms with Gasteiger partial charge in [-0.3, -0.25) is 9.59 Å². The van der Waals surface area contributed by atoms with Crippen molar-refractivity contribution < 1.29 is 19.1 Å². The highest BCUT2D eigenvalue weighted by molar-refractivity contribution is 6.39. The van der Waals surface area contributed by atoms with Gasteiger partial charge in [0.1, 0.15) is 5.82 Å². The summed E-state index contributed by atoms with van der Waals surface area (Å²) in [4.78, 5) is 27.7. The van der Waals surface area contributed by atoms with Crippen LogP contribution in [0.2, 0.25) is 0 Å². The molecule has 1 aromatic heterocycles. The molecule has 25 heavy (non-hydrogen) atoms. The first-order valence-electron chi connectivity index (χ1n) is 7.76. The summed E-state index contributed by atoms with van der Waals surface area (Å²) in [6.07, 6.45) is 2.13. The molecule has 0 aliphatic heterocycles. The maximum absolute atomic E-state index is 11.9. The molecule has 0 bridgehead atoms. The van der Waals surface area contributed by atoms with Crippen LogP contribution in [0.4, 0.5) is 5.82 Å². The summed E-state index contributed by atoms with van der Waals surface area (Å²) in [6, 6.07) is 9.01. The summed E-state index contributed by atoms with van der Waals surface area (Å²) in [5, 5.41) is 5.05. The van der Waals surface area contributed by atoms with Gasteiger partial charge in [-0.2, -0.15) is 0 Å². The number of hydrogen-bond donors (Lipinski definition) is 2. The lowest BCUT2D eigenvalue weighted by atomic mass is 10.1. The van der Waals surface area contributed by atoms with E-state index in [4.69, 9.17) is 9.47 Å². The van der Waals surface area contributed by atoms with E-state index in [9.17, 15) is 9.59 Å². The van der Waals surface area contributed by atoms with E-state index in [1.807, 2.05) is 19.1 Å². The largest absolute Gasteiger partial charge is 0.493 e. The minimum absolute atomic E-state index is 0.322. The zero-order valence-corrected chi connectivity index (χ0v) is 14.5. The summed E-state index contributed by atoms with van der Waals surface area (Å²) in [7, 11) is 3.13. The number of nitrogens with zero attached hydrogens (tertiary/aromatic N) is 1. The van der Waals surface area contributed by atoms with Crippen molar-refractivity contribution in [3.8, 4) is 11.5 Å². The molecule has 0 radical (unpaired) electrons. The first-order chi connectivity index (χ1) is 12.0. The molecule has 7 nitrogen and oxygen atoms in total. The van der Waals surface area contributed by atoms with Gasteiger partial charge in [-0.1, -0.05) is 6.07 Å². The molecule has 2 N–H and O–H groups in total. The summed E-state index contributed by atoms with van der Waals surface area (Å²) >= 11 is 0. The summed E-state index contributed by atoms with van der Waals surface area (Å²) in [6.45, 7) is 2.20. The van der Waals surface area contributed by atoms with Gasteiger partial charge in [-0.15, -0.1) is 0 Å². The first-order valence-corrected chi connectivity index (χ1v) is 7.76. The number of methoxy groups -OCH3 is 2. The fourth-order valence-corrected chi connectivity index (χ4v) is 2.21. The molecule has 2 rings (SSSR count). The Balaban J connectivity index is 1.84. The van der Waals surface area contributed by atoms with E-state index in [2.05, 4.69) is 15.6 Å². The van der Waals surface area contributed by atoms with Crippen LogP contribution in [-0.2, 0) is 16.0 Å². The number of ether oxygens (including phenoxy) is 2. The SMILES string of the molecule is COc1ccc(CCNC(=O)C(=O)Nc2cc(C)ccn2)cc1OC. The van der Waals surface area contributed by atoms with Crippen molar-refractivity contribution in [2.75, 3.05) is 26.1 Å². The van der Waals surface area contributed by atoms with Crippen LogP contribution in [0.15, 0.2) is 36.5 Å². The Morgan fingerprint density at radius 1 is 1.04 bits per heavy atom. The predicted octanol–water partition coefficient (Wildman–Crippen LogP) is 1.70. The average Bonchev–Trinajstić information content (AvgIpc) is 2.61. The van der Waals surface area contributed by atoms with Crippen molar-refractivity contribution in [2.24, 2.45) is 0 Å². The van der Waals surface area contributed by atoms with Gasteiger partial charge in [-0.05, 0) is 48.7 Å². The quantitative estimate of drug-likeness (QED) is 0.779. The van der Waals surface area contributed by atoms with Gasteiger partial charge < -0.3 is 20.1 Å². The number of rotatable bonds is 6. The van der Waals surface area contributed by atoms with Crippen molar-refractivity contribution in [1.29, 1.82) is 0 Å². The van der Waals surface area contributed by atoms with E-state index in [0.717, 1.165) is 11.1 Å². The van der Waals surface area contributed by atoms with Gasteiger partial charge in [0.15, 0.2) is 11.5 Å². The molecule has 0 atom stereocenters. The Morgan fingerprint density at radius 3 is 2.48 bits per heavy atom. The Kier molecular flexibility index (Phi) is 6.33. The molecular formula is C18H21N3O4. The molecule has 7 heteroatoms. The highest BCUT2D eigenvalue weighted by Crippen LogP contribution is 2.27. The van der Waals surface area contributed by atoms with Crippen molar-refractivity contribution in [3.63, 3.8) is 0 Å². The lowest BCUT2D eigenvalue weighted by Crippen LogP contribution is -2.36. The minimum atomic E-state index is -0.745. The molecule has 0 saturated carbocycles. The van der Waals surface area contributed by atoms with E-state index < -0.39 is 11.8 Å². The van der Waals surface area contributed by atoms with Gasteiger partial charge in [0.05, 0.1) is 14.2 Å². The predicted molar refractivity (Wildman–Crippen MR) is 93.9 cm³/mol. The number of carbonyl (C=O) groups excluding carboxylic acids is 2. The van der Waals surface area contributed by atoms with Gasteiger partial charge >= 0.3 is 11.8 Å². The third kappa shape index (κ3) is 5.20. The molecule has 0 saturated heterocycles. The maximum atomic E-state index is 11.9. The Labute approximate surface area is 146 Å². The van der Waals surface area contributed by atoms with E-state index in [0.29, 0.717) is 30.3 Å². The molecule has 2 amide bonds. The average molecular weight is 343 g/mol. The second kappa shape index (κ2) is 8.68. The lowest BCUT2D eigenvalue weighted by molar-refractivity contribution is -0.136.